The van der Waals surface area contributed by atoms with Crippen LogP contribution >= 0.6 is 15.9 Å². The highest BCUT2D eigenvalue weighted by Gasteiger charge is 2.34. The minimum atomic E-state index is 0.0889. The van der Waals surface area contributed by atoms with Crippen molar-refractivity contribution in [2.24, 2.45) is 0 Å². The molecule has 1 amide bonds. The van der Waals surface area contributed by atoms with Gasteiger partial charge in [0.2, 0.25) is 0 Å². The summed E-state index contributed by atoms with van der Waals surface area (Å²) in [6, 6.07) is 6.07. The average Bonchev–Trinajstić information content (AvgIpc) is 2.72. The Morgan fingerprint density at radius 2 is 2.22 bits per heavy atom. The fraction of sp³-hybridized carbons (Fsp3) is 0.500. The van der Waals surface area contributed by atoms with E-state index < -0.39 is 0 Å². The summed E-state index contributed by atoms with van der Waals surface area (Å²) in [6.45, 7) is 4.26. The molecule has 1 heterocycles. The van der Waals surface area contributed by atoms with Crippen LogP contribution in [0.1, 0.15) is 43.5 Å². The highest BCUT2D eigenvalue weighted by molar-refractivity contribution is 9.10. The second-order valence-electron chi connectivity index (χ2n) is 4.94. The van der Waals surface area contributed by atoms with Crippen LogP contribution < -0.4 is 5.73 Å². The van der Waals surface area contributed by atoms with Gasteiger partial charge in [-0.3, -0.25) is 4.79 Å². The van der Waals surface area contributed by atoms with Gasteiger partial charge in [0.25, 0.3) is 5.91 Å². The molecule has 2 unspecified atom stereocenters. The number of nitrogens with zero attached hydrogens (tertiary/aromatic N) is 1. The number of anilines is 1. The first-order valence-corrected chi connectivity index (χ1v) is 7.21. The van der Waals surface area contributed by atoms with Crippen molar-refractivity contribution < 1.29 is 4.79 Å². The van der Waals surface area contributed by atoms with E-state index in [0.29, 0.717) is 23.3 Å². The lowest BCUT2D eigenvalue weighted by Crippen LogP contribution is -2.39. The van der Waals surface area contributed by atoms with Crippen LogP contribution in [0.5, 0.6) is 0 Å². The first-order chi connectivity index (χ1) is 8.54. The molecule has 1 aliphatic heterocycles. The zero-order valence-corrected chi connectivity index (χ0v) is 12.4. The van der Waals surface area contributed by atoms with E-state index in [0.717, 1.165) is 23.7 Å². The molecule has 18 heavy (non-hydrogen) atoms. The second-order valence-corrected chi connectivity index (χ2v) is 5.79. The number of carbonyl (C=O) groups excluding carboxylic acids is 1. The van der Waals surface area contributed by atoms with Crippen molar-refractivity contribution in [2.45, 2.75) is 45.2 Å². The van der Waals surface area contributed by atoms with E-state index in [4.69, 9.17) is 5.73 Å². The third-order valence-electron chi connectivity index (χ3n) is 3.71. The van der Waals surface area contributed by atoms with Crippen LogP contribution in [0.15, 0.2) is 22.7 Å². The van der Waals surface area contributed by atoms with Crippen molar-refractivity contribution in [3.05, 3.63) is 28.2 Å². The highest BCUT2D eigenvalue weighted by atomic mass is 79.9. The van der Waals surface area contributed by atoms with E-state index in [2.05, 4.69) is 29.8 Å². The smallest absolute Gasteiger partial charge is 0.255 e. The highest BCUT2D eigenvalue weighted by Crippen LogP contribution is 2.30. The Morgan fingerprint density at radius 1 is 1.50 bits per heavy atom. The Bertz CT molecular complexity index is 461. The molecule has 1 saturated heterocycles. The number of halogens is 1. The Kier molecular flexibility index (Phi) is 3.95. The Hall–Kier alpha value is -1.03. The Balaban J connectivity index is 2.32. The molecule has 3 nitrogen and oxygen atoms in total. The minimum Gasteiger partial charge on any atom is -0.399 e. The number of hydrogen-bond donors (Lipinski definition) is 1. The topological polar surface area (TPSA) is 46.3 Å². The van der Waals surface area contributed by atoms with Crippen molar-refractivity contribution in [1.29, 1.82) is 0 Å². The van der Waals surface area contributed by atoms with Crippen molar-refractivity contribution in [1.82, 2.24) is 4.90 Å². The summed E-state index contributed by atoms with van der Waals surface area (Å²) < 4.78 is 0.815. The first kappa shape index (κ1) is 13.4. The van der Waals surface area contributed by atoms with Crippen LogP contribution in [-0.4, -0.2) is 22.9 Å². The van der Waals surface area contributed by atoms with Gasteiger partial charge in [-0.15, -0.1) is 0 Å². The molecule has 2 atom stereocenters. The Labute approximate surface area is 116 Å². The Morgan fingerprint density at radius 3 is 2.89 bits per heavy atom. The SMILES string of the molecule is CCC1CCC(C)N1C(=O)c1cc(N)ccc1Br. The lowest BCUT2D eigenvalue weighted by Gasteiger charge is -2.28. The van der Waals surface area contributed by atoms with Gasteiger partial charge in [-0.1, -0.05) is 6.92 Å². The van der Waals surface area contributed by atoms with Crippen LogP contribution in [0.4, 0.5) is 5.69 Å². The van der Waals surface area contributed by atoms with Crippen molar-refractivity contribution >= 4 is 27.5 Å². The van der Waals surface area contributed by atoms with Gasteiger partial charge in [0.1, 0.15) is 0 Å². The summed E-state index contributed by atoms with van der Waals surface area (Å²) >= 11 is 3.44. The minimum absolute atomic E-state index is 0.0889. The molecular weight excluding hydrogens is 292 g/mol. The normalized spacial score (nSPS) is 23.4. The maximum atomic E-state index is 12.6. The second kappa shape index (κ2) is 5.31. The van der Waals surface area contributed by atoms with Crippen molar-refractivity contribution in [3.8, 4) is 0 Å². The number of rotatable bonds is 2. The molecule has 0 bridgehead atoms. The number of likely N-dealkylation sites (tertiary alicyclic amines) is 1. The molecule has 2 rings (SSSR count). The molecule has 0 saturated carbocycles. The summed E-state index contributed by atoms with van der Waals surface area (Å²) in [5, 5.41) is 0. The number of benzene rings is 1. The largest absolute Gasteiger partial charge is 0.399 e. The van der Waals surface area contributed by atoms with Gasteiger partial charge in [-0.05, 0) is 60.3 Å². The predicted octanol–water partition coefficient (Wildman–Crippen LogP) is 3.43. The van der Waals surface area contributed by atoms with Gasteiger partial charge in [-0.25, -0.2) is 0 Å². The van der Waals surface area contributed by atoms with Gasteiger partial charge in [0.05, 0.1) is 5.56 Å². The zero-order valence-electron chi connectivity index (χ0n) is 10.8. The number of hydrogen-bond acceptors (Lipinski definition) is 2. The van der Waals surface area contributed by atoms with E-state index in [1.807, 2.05) is 11.0 Å². The van der Waals surface area contributed by atoms with Crippen LogP contribution in [0, 0.1) is 0 Å². The van der Waals surface area contributed by atoms with Gasteiger partial charge >= 0.3 is 0 Å². The summed E-state index contributed by atoms with van der Waals surface area (Å²) in [5.74, 6) is 0.0889. The molecule has 4 heteroatoms. The third kappa shape index (κ3) is 2.39. The summed E-state index contributed by atoms with van der Waals surface area (Å²) in [7, 11) is 0. The third-order valence-corrected chi connectivity index (χ3v) is 4.40. The number of carbonyl (C=O) groups is 1. The van der Waals surface area contributed by atoms with E-state index >= 15 is 0 Å². The molecule has 1 fully saturated rings. The molecule has 1 aromatic rings. The molecule has 0 radical (unpaired) electrons. The molecule has 1 aliphatic rings. The molecular formula is C14H19BrN2O. The van der Waals surface area contributed by atoms with Crippen LogP contribution in [0.25, 0.3) is 0 Å². The summed E-state index contributed by atoms with van der Waals surface area (Å²) in [6.07, 6.45) is 3.20. The number of nitrogens with two attached hydrogens (primary N) is 1. The number of nitrogen functional groups attached to an aromatic ring is 1. The van der Waals surface area contributed by atoms with Gasteiger partial charge in [-0.2, -0.15) is 0 Å². The van der Waals surface area contributed by atoms with E-state index in [-0.39, 0.29) is 5.91 Å². The van der Waals surface area contributed by atoms with E-state index in [1.165, 1.54) is 0 Å². The molecule has 0 aromatic heterocycles. The first-order valence-electron chi connectivity index (χ1n) is 6.42. The lowest BCUT2D eigenvalue weighted by molar-refractivity contribution is 0.0675. The van der Waals surface area contributed by atoms with Crippen molar-refractivity contribution in [2.75, 3.05) is 5.73 Å². The fourth-order valence-electron chi connectivity index (χ4n) is 2.68. The fourth-order valence-corrected chi connectivity index (χ4v) is 3.10. The molecule has 1 aromatic carbocycles. The number of amides is 1. The molecule has 0 spiro atoms. The standard InChI is InChI=1S/C14H19BrN2O/c1-3-11-6-4-9(2)17(11)14(18)12-8-10(16)5-7-13(12)15/h5,7-9,11H,3-4,6,16H2,1-2H3. The van der Waals surface area contributed by atoms with Gasteiger partial charge < -0.3 is 10.6 Å². The van der Waals surface area contributed by atoms with Gasteiger partial charge in [0, 0.05) is 22.2 Å². The van der Waals surface area contributed by atoms with E-state index in [1.54, 1.807) is 12.1 Å². The maximum absolute atomic E-state index is 12.6. The maximum Gasteiger partial charge on any atom is 0.255 e. The predicted molar refractivity (Wildman–Crippen MR) is 77.5 cm³/mol. The van der Waals surface area contributed by atoms with Crippen LogP contribution in [-0.2, 0) is 0 Å². The molecule has 0 aliphatic carbocycles. The van der Waals surface area contributed by atoms with Crippen molar-refractivity contribution in [3.63, 3.8) is 0 Å². The summed E-state index contributed by atoms with van der Waals surface area (Å²) in [5.41, 5.74) is 7.07. The quantitative estimate of drug-likeness (QED) is 0.851. The molecule has 2 N–H and O–H groups in total. The summed E-state index contributed by atoms with van der Waals surface area (Å²) in [4.78, 5) is 14.7. The zero-order chi connectivity index (χ0) is 13.3. The van der Waals surface area contributed by atoms with Crippen LogP contribution in [0.2, 0.25) is 0 Å². The molecule has 98 valence electrons. The van der Waals surface area contributed by atoms with E-state index in [9.17, 15) is 4.79 Å². The lowest BCUT2D eigenvalue weighted by atomic mass is 10.1. The monoisotopic (exact) mass is 310 g/mol. The van der Waals surface area contributed by atoms with Gasteiger partial charge in [0.15, 0.2) is 0 Å². The van der Waals surface area contributed by atoms with Crippen LogP contribution in [0.3, 0.4) is 0 Å². The average molecular weight is 311 g/mol.